The number of benzene rings is 2. The molecule has 1 amide bonds. The molecule has 0 aliphatic rings. The molecule has 1 heterocycles. The van der Waals surface area contributed by atoms with Gasteiger partial charge in [-0.25, -0.2) is 8.78 Å². The van der Waals surface area contributed by atoms with Crippen LogP contribution in [0.5, 0.6) is 5.75 Å². The number of hydrogen-bond donors (Lipinski definition) is 1. The molecule has 0 aliphatic carbocycles. The summed E-state index contributed by atoms with van der Waals surface area (Å²) < 4.78 is 34.4. The fraction of sp³-hybridized carbons (Fsp3) is 0.167. The molecule has 3 aromatic rings. The molecule has 0 atom stereocenters. The predicted octanol–water partition coefficient (Wildman–Crippen LogP) is 4.17. The minimum atomic E-state index is -0.857. The summed E-state index contributed by atoms with van der Waals surface area (Å²) in [5.41, 5.74) is -0.109. The van der Waals surface area contributed by atoms with E-state index in [2.05, 4.69) is 31.4 Å². The van der Waals surface area contributed by atoms with Gasteiger partial charge in [-0.15, -0.1) is 10.2 Å². The van der Waals surface area contributed by atoms with E-state index in [4.69, 9.17) is 4.74 Å². The van der Waals surface area contributed by atoms with Gasteiger partial charge in [-0.3, -0.25) is 4.79 Å². The molecule has 10 heteroatoms. The van der Waals surface area contributed by atoms with Crippen molar-refractivity contribution >= 4 is 39.3 Å². The van der Waals surface area contributed by atoms with E-state index in [1.807, 2.05) is 30.3 Å². The van der Waals surface area contributed by atoms with E-state index in [0.717, 1.165) is 17.8 Å². The standard InChI is InChI=1S/C18H15BrF2N4O2S/c1-25-15(9-27-12-5-3-2-4-6-12)23-24-18(25)28-10-16(26)22-17-13(19)7-11(20)8-14(17)21/h2-8H,9-10H2,1H3,(H,22,26). The van der Waals surface area contributed by atoms with Gasteiger partial charge in [-0.2, -0.15) is 0 Å². The Morgan fingerprint density at radius 2 is 2.00 bits per heavy atom. The van der Waals surface area contributed by atoms with Crippen molar-refractivity contribution in [2.75, 3.05) is 11.1 Å². The zero-order valence-corrected chi connectivity index (χ0v) is 17.1. The average molecular weight is 469 g/mol. The Kier molecular flexibility index (Phi) is 6.63. The number of hydrogen-bond acceptors (Lipinski definition) is 5. The Hall–Kier alpha value is -2.46. The molecule has 0 aliphatic heterocycles. The van der Waals surface area contributed by atoms with Crippen LogP contribution in [0.4, 0.5) is 14.5 Å². The van der Waals surface area contributed by atoms with Crippen LogP contribution in [0.25, 0.3) is 0 Å². The number of anilines is 1. The summed E-state index contributed by atoms with van der Waals surface area (Å²) in [6.45, 7) is 0.230. The summed E-state index contributed by atoms with van der Waals surface area (Å²) in [6.07, 6.45) is 0. The summed E-state index contributed by atoms with van der Waals surface area (Å²) >= 11 is 4.17. The van der Waals surface area contributed by atoms with Crippen molar-refractivity contribution in [2.45, 2.75) is 11.8 Å². The minimum absolute atomic E-state index is 0.0191. The Balaban J connectivity index is 1.56. The van der Waals surface area contributed by atoms with E-state index in [1.54, 1.807) is 11.6 Å². The van der Waals surface area contributed by atoms with Gasteiger partial charge in [0, 0.05) is 17.6 Å². The normalized spacial score (nSPS) is 10.7. The average Bonchev–Trinajstić information content (AvgIpc) is 3.02. The molecule has 1 aromatic heterocycles. The second kappa shape index (κ2) is 9.16. The predicted molar refractivity (Wildman–Crippen MR) is 105 cm³/mol. The molecular formula is C18H15BrF2N4O2S. The van der Waals surface area contributed by atoms with Gasteiger partial charge in [-0.1, -0.05) is 30.0 Å². The molecule has 2 aromatic carbocycles. The highest BCUT2D eigenvalue weighted by Crippen LogP contribution is 2.27. The molecule has 146 valence electrons. The second-order valence-corrected chi connectivity index (χ2v) is 7.44. The molecule has 0 spiro atoms. The van der Waals surface area contributed by atoms with Crippen LogP contribution in [0.3, 0.4) is 0 Å². The number of rotatable bonds is 7. The molecular weight excluding hydrogens is 454 g/mol. The highest BCUT2D eigenvalue weighted by atomic mass is 79.9. The molecule has 0 fully saturated rings. The lowest BCUT2D eigenvalue weighted by Crippen LogP contribution is -2.16. The van der Waals surface area contributed by atoms with Crippen LogP contribution in [0.2, 0.25) is 0 Å². The molecule has 0 saturated carbocycles. The third kappa shape index (κ3) is 5.08. The van der Waals surface area contributed by atoms with Crippen LogP contribution in [0.15, 0.2) is 52.1 Å². The quantitative estimate of drug-likeness (QED) is 0.527. The number of para-hydroxylation sites is 1. The second-order valence-electron chi connectivity index (χ2n) is 5.64. The van der Waals surface area contributed by atoms with Crippen LogP contribution in [-0.4, -0.2) is 26.4 Å². The van der Waals surface area contributed by atoms with E-state index in [1.165, 1.54) is 0 Å². The largest absolute Gasteiger partial charge is 0.486 e. The highest BCUT2D eigenvalue weighted by molar-refractivity contribution is 9.10. The topological polar surface area (TPSA) is 69.0 Å². The zero-order chi connectivity index (χ0) is 20.1. The number of carbonyl (C=O) groups is 1. The smallest absolute Gasteiger partial charge is 0.234 e. The van der Waals surface area contributed by atoms with Crippen LogP contribution in [0.1, 0.15) is 5.82 Å². The first-order chi connectivity index (χ1) is 13.4. The van der Waals surface area contributed by atoms with Crippen molar-refractivity contribution in [2.24, 2.45) is 7.05 Å². The van der Waals surface area contributed by atoms with E-state index in [-0.39, 0.29) is 22.5 Å². The molecule has 0 unspecified atom stereocenters. The molecule has 0 radical (unpaired) electrons. The molecule has 3 rings (SSSR count). The first kappa shape index (κ1) is 20.3. The number of thioether (sulfide) groups is 1. The highest BCUT2D eigenvalue weighted by Gasteiger charge is 2.15. The molecule has 6 nitrogen and oxygen atoms in total. The maximum atomic E-state index is 13.8. The number of amides is 1. The van der Waals surface area contributed by atoms with Crippen molar-refractivity contribution in [1.82, 2.24) is 14.8 Å². The Morgan fingerprint density at radius 3 is 2.71 bits per heavy atom. The molecule has 0 saturated heterocycles. The zero-order valence-electron chi connectivity index (χ0n) is 14.7. The van der Waals surface area contributed by atoms with Gasteiger partial charge < -0.3 is 14.6 Å². The van der Waals surface area contributed by atoms with E-state index in [9.17, 15) is 13.6 Å². The van der Waals surface area contributed by atoms with E-state index < -0.39 is 17.5 Å². The van der Waals surface area contributed by atoms with Crippen LogP contribution < -0.4 is 10.1 Å². The van der Waals surface area contributed by atoms with Crippen molar-refractivity contribution in [3.8, 4) is 5.75 Å². The van der Waals surface area contributed by atoms with Gasteiger partial charge in [-0.05, 0) is 34.1 Å². The van der Waals surface area contributed by atoms with Gasteiger partial charge in [0.2, 0.25) is 5.91 Å². The SMILES string of the molecule is Cn1c(COc2ccccc2)nnc1SCC(=O)Nc1c(F)cc(F)cc1Br. The Labute approximate surface area is 172 Å². The molecule has 1 N–H and O–H groups in total. The van der Waals surface area contributed by atoms with Crippen LogP contribution in [0, 0.1) is 11.6 Å². The monoisotopic (exact) mass is 468 g/mol. The number of nitrogens with zero attached hydrogens (tertiary/aromatic N) is 3. The fourth-order valence-corrected chi connectivity index (χ4v) is 3.47. The van der Waals surface area contributed by atoms with Crippen molar-refractivity contribution in [1.29, 1.82) is 0 Å². The summed E-state index contributed by atoms with van der Waals surface area (Å²) in [5.74, 6) is -0.758. The van der Waals surface area contributed by atoms with Crippen LogP contribution in [-0.2, 0) is 18.4 Å². The summed E-state index contributed by atoms with van der Waals surface area (Å²) in [7, 11) is 1.76. The first-order valence-corrected chi connectivity index (χ1v) is 9.85. The number of ether oxygens (including phenoxy) is 1. The lowest BCUT2D eigenvalue weighted by molar-refractivity contribution is -0.113. The van der Waals surface area contributed by atoms with E-state index >= 15 is 0 Å². The lowest BCUT2D eigenvalue weighted by atomic mass is 10.3. The maximum absolute atomic E-state index is 13.8. The summed E-state index contributed by atoms with van der Waals surface area (Å²) in [6, 6.07) is 11.1. The van der Waals surface area contributed by atoms with Crippen LogP contribution >= 0.6 is 27.7 Å². The third-order valence-corrected chi connectivity index (χ3v) is 5.29. The van der Waals surface area contributed by atoms with Gasteiger partial charge in [0.25, 0.3) is 0 Å². The van der Waals surface area contributed by atoms with Crippen molar-refractivity contribution < 1.29 is 18.3 Å². The fourth-order valence-electron chi connectivity index (χ4n) is 2.23. The Morgan fingerprint density at radius 1 is 1.25 bits per heavy atom. The minimum Gasteiger partial charge on any atom is -0.486 e. The van der Waals surface area contributed by atoms with Gasteiger partial charge in [0.05, 0.1) is 11.4 Å². The number of halogens is 3. The lowest BCUT2D eigenvalue weighted by Gasteiger charge is -2.09. The molecule has 0 bridgehead atoms. The van der Waals surface area contributed by atoms with Crippen molar-refractivity contribution in [3.05, 3.63) is 64.4 Å². The summed E-state index contributed by atoms with van der Waals surface area (Å²) in [4.78, 5) is 12.1. The van der Waals surface area contributed by atoms with Gasteiger partial charge in [0.1, 0.15) is 18.2 Å². The summed E-state index contributed by atoms with van der Waals surface area (Å²) in [5, 5.41) is 11.0. The Bertz CT molecular complexity index is 962. The number of aromatic nitrogens is 3. The van der Waals surface area contributed by atoms with Gasteiger partial charge in [0.15, 0.2) is 16.8 Å². The number of nitrogens with one attached hydrogen (secondary N) is 1. The van der Waals surface area contributed by atoms with Gasteiger partial charge >= 0.3 is 0 Å². The van der Waals surface area contributed by atoms with E-state index in [0.29, 0.717) is 22.8 Å². The van der Waals surface area contributed by atoms with Crippen molar-refractivity contribution in [3.63, 3.8) is 0 Å². The third-order valence-electron chi connectivity index (χ3n) is 3.64. The first-order valence-electron chi connectivity index (χ1n) is 8.07. The molecule has 28 heavy (non-hydrogen) atoms. The number of carbonyl (C=O) groups excluding carboxylic acids is 1. The maximum Gasteiger partial charge on any atom is 0.234 e.